The second-order valence-corrected chi connectivity index (χ2v) is 5.79. The van der Waals surface area contributed by atoms with Crippen molar-refractivity contribution in [2.45, 2.75) is 56.3 Å². The number of aliphatic hydroxyl groups excluding tert-OH is 4. The molecule has 0 aromatic heterocycles. The number of carboxylic acid groups (broad SMARTS) is 1. The first-order valence-electron chi connectivity index (χ1n) is 7.62. The number of aliphatic hydroxyl groups is 4. The van der Waals surface area contributed by atoms with Gasteiger partial charge in [0.05, 0.1) is 38.1 Å². The number of aliphatic carboxylic acids is 1. The second kappa shape index (κ2) is 12.9. The van der Waals surface area contributed by atoms with Gasteiger partial charge in [0, 0.05) is 13.3 Å². The average Bonchev–Trinajstić information content (AvgIpc) is 2.50. The Morgan fingerprint density at radius 3 is 2.04 bits per heavy atom. The number of carbonyl (C=O) groups is 2. The SMILES string of the molecule is CC(=O)NC1COC(CO)[C@@H](O)C1.O.O.O=C(O)C1C[C@@H](O)C(O)CO1. The molecule has 2 heterocycles. The van der Waals surface area contributed by atoms with Crippen LogP contribution in [0.4, 0.5) is 0 Å². The van der Waals surface area contributed by atoms with E-state index in [1.165, 1.54) is 6.92 Å². The lowest BCUT2D eigenvalue weighted by Gasteiger charge is -2.32. The third kappa shape index (κ3) is 8.82. The topological polar surface area (TPSA) is 229 Å². The maximum absolute atomic E-state index is 10.7. The minimum absolute atomic E-state index is 0. The number of carboxylic acids is 1. The van der Waals surface area contributed by atoms with E-state index < -0.39 is 36.5 Å². The quantitative estimate of drug-likeness (QED) is 0.274. The summed E-state index contributed by atoms with van der Waals surface area (Å²) in [7, 11) is 0. The largest absolute Gasteiger partial charge is 0.479 e. The summed E-state index contributed by atoms with van der Waals surface area (Å²) in [5, 5.41) is 47.2. The van der Waals surface area contributed by atoms with E-state index in [1.807, 2.05) is 0 Å². The Morgan fingerprint density at radius 2 is 1.62 bits per heavy atom. The molecule has 0 aliphatic carbocycles. The number of ether oxygens (including phenoxy) is 2. The summed E-state index contributed by atoms with van der Waals surface area (Å²) in [4.78, 5) is 21.0. The monoisotopic (exact) mass is 387 g/mol. The van der Waals surface area contributed by atoms with Crippen LogP contribution in [0.15, 0.2) is 0 Å². The minimum Gasteiger partial charge on any atom is -0.479 e. The number of hydrogen-bond donors (Lipinski definition) is 6. The Labute approximate surface area is 150 Å². The predicted molar refractivity (Wildman–Crippen MR) is 86.3 cm³/mol. The van der Waals surface area contributed by atoms with Gasteiger partial charge in [-0.3, -0.25) is 4.79 Å². The highest BCUT2D eigenvalue weighted by Gasteiger charge is 2.32. The number of nitrogens with one attached hydrogen (secondary N) is 1. The van der Waals surface area contributed by atoms with Crippen molar-refractivity contribution in [3.8, 4) is 0 Å². The van der Waals surface area contributed by atoms with Gasteiger partial charge < -0.3 is 51.3 Å². The fourth-order valence-electron chi connectivity index (χ4n) is 2.37. The second-order valence-electron chi connectivity index (χ2n) is 5.79. The van der Waals surface area contributed by atoms with Crippen molar-refractivity contribution in [3.63, 3.8) is 0 Å². The molecule has 0 saturated carbocycles. The molecule has 4 unspecified atom stereocenters. The van der Waals surface area contributed by atoms with Crippen LogP contribution >= 0.6 is 0 Å². The van der Waals surface area contributed by atoms with E-state index in [1.54, 1.807) is 0 Å². The lowest BCUT2D eigenvalue weighted by atomic mass is 10.0. The van der Waals surface area contributed by atoms with Gasteiger partial charge >= 0.3 is 5.97 Å². The number of rotatable bonds is 3. The molecule has 10 N–H and O–H groups in total. The number of carbonyl (C=O) groups excluding carboxylic acids is 1. The highest BCUT2D eigenvalue weighted by Crippen LogP contribution is 2.14. The molecule has 2 fully saturated rings. The highest BCUT2D eigenvalue weighted by atomic mass is 16.5. The van der Waals surface area contributed by atoms with Crippen LogP contribution in [0.25, 0.3) is 0 Å². The fourth-order valence-corrected chi connectivity index (χ4v) is 2.37. The molecule has 2 saturated heterocycles. The molecular formula is C14H29NO11. The van der Waals surface area contributed by atoms with Gasteiger partial charge in [-0.05, 0) is 6.42 Å². The zero-order valence-electron chi connectivity index (χ0n) is 14.4. The van der Waals surface area contributed by atoms with Gasteiger partial charge in [-0.1, -0.05) is 0 Å². The van der Waals surface area contributed by atoms with Crippen molar-refractivity contribution in [3.05, 3.63) is 0 Å². The summed E-state index contributed by atoms with van der Waals surface area (Å²) >= 11 is 0. The average molecular weight is 387 g/mol. The maximum atomic E-state index is 10.7. The molecule has 1 amide bonds. The summed E-state index contributed by atoms with van der Waals surface area (Å²) in [6.07, 6.45) is -3.73. The van der Waals surface area contributed by atoms with Crippen molar-refractivity contribution in [2.75, 3.05) is 19.8 Å². The molecule has 12 nitrogen and oxygen atoms in total. The van der Waals surface area contributed by atoms with Crippen LogP contribution in [-0.4, -0.2) is 105 Å². The number of amides is 1. The molecule has 2 aliphatic rings. The van der Waals surface area contributed by atoms with Crippen molar-refractivity contribution in [2.24, 2.45) is 0 Å². The summed E-state index contributed by atoms with van der Waals surface area (Å²) < 4.78 is 9.85. The van der Waals surface area contributed by atoms with Crippen molar-refractivity contribution >= 4 is 11.9 Å². The van der Waals surface area contributed by atoms with Crippen molar-refractivity contribution in [1.82, 2.24) is 5.32 Å². The molecule has 12 heteroatoms. The zero-order valence-corrected chi connectivity index (χ0v) is 14.4. The van der Waals surface area contributed by atoms with Gasteiger partial charge in [-0.25, -0.2) is 4.79 Å². The van der Waals surface area contributed by atoms with Gasteiger partial charge in [-0.15, -0.1) is 0 Å². The molecule has 6 atom stereocenters. The summed E-state index contributed by atoms with van der Waals surface area (Å²) in [6.45, 7) is 1.47. The molecular weight excluding hydrogens is 358 g/mol. The molecule has 2 rings (SSSR count). The van der Waals surface area contributed by atoms with E-state index in [4.69, 9.17) is 29.9 Å². The van der Waals surface area contributed by atoms with Crippen molar-refractivity contribution in [1.29, 1.82) is 0 Å². The molecule has 0 spiro atoms. The van der Waals surface area contributed by atoms with E-state index in [0.717, 1.165) is 0 Å². The third-order valence-electron chi connectivity index (χ3n) is 3.70. The van der Waals surface area contributed by atoms with E-state index in [0.29, 0.717) is 13.0 Å². The van der Waals surface area contributed by atoms with Crippen LogP contribution in [0.1, 0.15) is 19.8 Å². The maximum Gasteiger partial charge on any atom is 0.332 e. The molecule has 0 radical (unpaired) electrons. The molecule has 26 heavy (non-hydrogen) atoms. The van der Waals surface area contributed by atoms with Gasteiger partial charge in [-0.2, -0.15) is 0 Å². The van der Waals surface area contributed by atoms with Crippen LogP contribution < -0.4 is 5.32 Å². The normalized spacial score (nSPS) is 33.4. The first kappa shape index (κ1) is 26.8. The Bertz CT molecular complexity index is 422. The smallest absolute Gasteiger partial charge is 0.332 e. The molecule has 2 aliphatic heterocycles. The van der Waals surface area contributed by atoms with Gasteiger partial charge in [0.25, 0.3) is 0 Å². The van der Waals surface area contributed by atoms with Gasteiger partial charge in [0.2, 0.25) is 5.91 Å². The first-order chi connectivity index (χ1) is 11.2. The van der Waals surface area contributed by atoms with Crippen LogP contribution in [-0.2, 0) is 19.1 Å². The summed E-state index contributed by atoms with van der Waals surface area (Å²) in [5.41, 5.74) is 0. The lowest BCUT2D eigenvalue weighted by Crippen LogP contribution is -2.49. The lowest BCUT2D eigenvalue weighted by molar-refractivity contribution is -0.168. The van der Waals surface area contributed by atoms with Crippen LogP contribution in [0.2, 0.25) is 0 Å². The van der Waals surface area contributed by atoms with Gasteiger partial charge in [0.15, 0.2) is 6.10 Å². The Morgan fingerprint density at radius 1 is 1.00 bits per heavy atom. The number of hydrogen-bond acceptors (Lipinski definition) is 8. The van der Waals surface area contributed by atoms with Gasteiger partial charge in [0.1, 0.15) is 12.2 Å². The third-order valence-corrected chi connectivity index (χ3v) is 3.70. The van der Waals surface area contributed by atoms with Crippen LogP contribution in [0.5, 0.6) is 0 Å². The molecule has 0 bridgehead atoms. The predicted octanol–water partition coefficient (Wildman–Crippen LogP) is -4.43. The van der Waals surface area contributed by atoms with E-state index in [2.05, 4.69) is 5.32 Å². The van der Waals surface area contributed by atoms with E-state index in [9.17, 15) is 14.7 Å². The minimum atomic E-state index is -1.10. The standard InChI is InChI=1S/C8H15NO4.C6H10O5.2H2O/c1-5(11)9-6-2-7(12)8(3-10)13-4-6;7-3-1-5(6(9)10)11-2-4(3)8;;/h6-8,10,12H,2-4H2,1H3,(H,9,11);3-5,7-8H,1-2H2,(H,9,10);2*1H2/t6?,7-,8?;3-,4?,5?;;/m01../s1. The zero-order chi connectivity index (χ0) is 18.3. The Kier molecular flexibility index (Phi) is 13.3. The summed E-state index contributed by atoms with van der Waals surface area (Å²) in [5.74, 6) is -1.24. The van der Waals surface area contributed by atoms with Crippen LogP contribution in [0, 0.1) is 0 Å². The molecule has 0 aromatic carbocycles. The molecule has 0 aromatic rings. The van der Waals surface area contributed by atoms with E-state index >= 15 is 0 Å². The highest BCUT2D eigenvalue weighted by molar-refractivity contribution is 5.73. The summed E-state index contributed by atoms with van der Waals surface area (Å²) in [6, 6.07) is -0.143. The Hall–Kier alpha value is -1.38. The fraction of sp³-hybridized carbons (Fsp3) is 0.857. The van der Waals surface area contributed by atoms with Crippen LogP contribution in [0.3, 0.4) is 0 Å². The molecule has 156 valence electrons. The van der Waals surface area contributed by atoms with Crippen molar-refractivity contribution < 1.29 is 55.5 Å². The first-order valence-corrected chi connectivity index (χ1v) is 7.62. The Balaban J connectivity index is 0. The van der Waals surface area contributed by atoms with E-state index in [-0.39, 0.29) is 42.5 Å².